The predicted molar refractivity (Wildman–Crippen MR) is 73.0 cm³/mol. The van der Waals surface area contributed by atoms with E-state index in [1.165, 1.54) is 6.07 Å². The van der Waals surface area contributed by atoms with Gasteiger partial charge in [-0.2, -0.15) is 0 Å². The van der Waals surface area contributed by atoms with Crippen LogP contribution in [0, 0.1) is 5.82 Å². The number of hydrazine groups is 1. The first-order chi connectivity index (χ1) is 9.81. The van der Waals surface area contributed by atoms with E-state index >= 15 is 0 Å². The summed E-state index contributed by atoms with van der Waals surface area (Å²) < 4.78 is 25.2. The van der Waals surface area contributed by atoms with Gasteiger partial charge in [0.15, 0.2) is 11.5 Å². The Morgan fingerprint density at radius 3 is 2.55 bits per heavy atom. The van der Waals surface area contributed by atoms with E-state index in [0.717, 1.165) is 5.56 Å². The van der Waals surface area contributed by atoms with E-state index in [-0.39, 0.29) is 5.82 Å². The van der Waals surface area contributed by atoms with E-state index in [0.29, 0.717) is 30.3 Å². The first-order valence-corrected chi connectivity index (χ1v) is 6.40. The number of benzene rings is 2. The molecule has 4 nitrogen and oxygen atoms in total. The minimum absolute atomic E-state index is 0.315. The first-order valence-electron chi connectivity index (χ1n) is 6.40. The van der Waals surface area contributed by atoms with Crippen LogP contribution in [0.25, 0.3) is 0 Å². The number of rotatable bonds is 3. The lowest BCUT2D eigenvalue weighted by atomic mass is 9.97. The van der Waals surface area contributed by atoms with Crippen molar-refractivity contribution in [1.29, 1.82) is 0 Å². The maximum atomic E-state index is 14.0. The van der Waals surface area contributed by atoms with Crippen molar-refractivity contribution < 1.29 is 13.9 Å². The molecule has 0 amide bonds. The van der Waals surface area contributed by atoms with Gasteiger partial charge in [-0.1, -0.05) is 30.3 Å². The fourth-order valence-electron chi connectivity index (χ4n) is 2.38. The van der Waals surface area contributed by atoms with Crippen molar-refractivity contribution in [2.24, 2.45) is 5.84 Å². The lowest BCUT2D eigenvalue weighted by Gasteiger charge is -2.25. The van der Waals surface area contributed by atoms with Gasteiger partial charge >= 0.3 is 0 Å². The number of para-hydroxylation sites is 1. The Hall–Kier alpha value is -2.11. The average molecular weight is 274 g/mol. The van der Waals surface area contributed by atoms with Gasteiger partial charge in [0, 0.05) is 11.1 Å². The third-order valence-electron chi connectivity index (χ3n) is 3.29. The summed E-state index contributed by atoms with van der Waals surface area (Å²) in [5, 5.41) is 0. The standard InChI is InChI=1S/C15H15FN2O2/c16-12-6-2-1-4-10(12)14(18-17)11-5-3-7-13-15(11)20-9-8-19-13/h1-7,14,18H,8-9,17H2. The molecule has 1 heterocycles. The van der Waals surface area contributed by atoms with E-state index in [2.05, 4.69) is 5.43 Å². The van der Waals surface area contributed by atoms with Crippen LogP contribution in [0.1, 0.15) is 17.2 Å². The highest BCUT2D eigenvalue weighted by atomic mass is 19.1. The highest BCUT2D eigenvalue weighted by Gasteiger charge is 2.24. The second kappa shape index (κ2) is 5.48. The van der Waals surface area contributed by atoms with Gasteiger partial charge in [0.2, 0.25) is 0 Å². The fourth-order valence-corrected chi connectivity index (χ4v) is 2.38. The Morgan fingerprint density at radius 2 is 1.75 bits per heavy atom. The third kappa shape index (κ3) is 2.21. The maximum absolute atomic E-state index is 14.0. The van der Waals surface area contributed by atoms with Crippen LogP contribution in [0.3, 0.4) is 0 Å². The van der Waals surface area contributed by atoms with Gasteiger partial charge in [0.1, 0.15) is 19.0 Å². The number of fused-ring (bicyclic) bond motifs is 1. The summed E-state index contributed by atoms with van der Waals surface area (Å²) in [5.41, 5.74) is 3.88. The van der Waals surface area contributed by atoms with Crippen molar-refractivity contribution in [3.63, 3.8) is 0 Å². The first kappa shape index (κ1) is 12.9. The topological polar surface area (TPSA) is 56.5 Å². The summed E-state index contributed by atoms with van der Waals surface area (Å²) in [5.74, 6) is 6.58. The molecule has 0 saturated carbocycles. The summed E-state index contributed by atoms with van der Waals surface area (Å²) in [4.78, 5) is 0. The molecule has 5 heteroatoms. The Morgan fingerprint density at radius 1 is 1.00 bits per heavy atom. The molecule has 0 fully saturated rings. The number of nitrogens with two attached hydrogens (primary N) is 1. The van der Waals surface area contributed by atoms with Gasteiger partial charge < -0.3 is 9.47 Å². The highest BCUT2D eigenvalue weighted by Crippen LogP contribution is 2.39. The van der Waals surface area contributed by atoms with Crippen LogP contribution in [0.15, 0.2) is 42.5 Å². The van der Waals surface area contributed by atoms with Gasteiger partial charge in [0.25, 0.3) is 0 Å². The summed E-state index contributed by atoms with van der Waals surface area (Å²) in [6.45, 7) is 0.982. The number of halogens is 1. The molecule has 0 aliphatic carbocycles. The molecule has 0 saturated heterocycles. The monoisotopic (exact) mass is 274 g/mol. The van der Waals surface area contributed by atoms with Crippen molar-refractivity contribution in [2.75, 3.05) is 13.2 Å². The molecule has 0 radical (unpaired) electrons. The van der Waals surface area contributed by atoms with E-state index in [9.17, 15) is 4.39 Å². The van der Waals surface area contributed by atoms with Crippen molar-refractivity contribution >= 4 is 0 Å². The number of hydrogen-bond acceptors (Lipinski definition) is 4. The van der Waals surface area contributed by atoms with Crippen molar-refractivity contribution in [2.45, 2.75) is 6.04 Å². The zero-order valence-corrected chi connectivity index (χ0v) is 10.8. The van der Waals surface area contributed by atoms with Crippen LogP contribution in [-0.4, -0.2) is 13.2 Å². The molecule has 20 heavy (non-hydrogen) atoms. The third-order valence-corrected chi connectivity index (χ3v) is 3.29. The highest BCUT2D eigenvalue weighted by molar-refractivity contribution is 5.51. The molecule has 0 aromatic heterocycles. The van der Waals surface area contributed by atoms with Crippen molar-refractivity contribution in [3.05, 3.63) is 59.4 Å². The number of hydrogen-bond donors (Lipinski definition) is 2. The molecule has 2 aromatic carbocycles. The number of ether oxygens (including phenoxy) is 2. The zero-order chi connectivity index (χ0) is 13.9. The molecule has 3 rings (SSSR count). The number of nitrogens with one attached hydrogen (secondary N) is 1. The molecule has 2 aromatic rings. The fraction of sp³-hybridized carbons (Fsp3) is 0.200. The summed E-state index contributed by atoms with van der Waals surface area (Å²) in [6, 6.07) is 11.6. The van der Waals surface area contributed by atoms with Crippen LogP contribution < -0.4 is 20.7 Å². The van der Waals surface area contributed by atoms with Gasteiger partial charge in [-0.05, 0) is 12.1 Å². The molecule has 1 unspecified atom stereocenters. The lowest BCUT2D eigenvalue weighted by molar-refractivity contribution is 0.169. The molecule has 104 valence electrons. The minimum Gasteiger partial charge on any atom is -0.486 e. The molecule has 1 atom stereocenters. The van der Waals surface area contributed by atoms with Crippen LogP contribution in [0.2, 0.25) is 0 Å². The van der Waals surface area contributed by atoms with E-state index in [1.807, 2.05) is 18.2 Å². The summed E-state index contributed by atoms with van der Waals surface area (Å²) in [6.07, 6.45) is 0. The van der Waals surface area contributed by atoms with Gasteiger partial charge in [-0.15, -0.1) is 0 Å². The molecule has 0 bridgehead atoms. The van der Waals surface area contributed by atoms with Gasteiger partial charge in [-0.3, -0.25) is 5.84 Å². The van der Waals surface area contributed by atoms with Crippen LogP contribution >= 0.6 is 0 Å². The zero-order valence-electron chi connectivity index (χ0n) is 10.8. The van der Waals surface area contributed by atoms with Gasteiger partial charge in [-0.25, -0.2) is 9.82 Å². The van der Waals surface area contributed by atoms with Crippen LogP contribution in [-0.2, 0) is 0 Å². The maximum Gasteiger partial charge on any atom is 0.166 e. The summed E-state index contributed by atoms with van der Waals surface area (Å²) in [7, 11) is 0. The molecule has 1 aliphatic heterocycles. The van der Waals surface area contributed by atoms with Crippen molar-refractivity contribution in [3.8, 4) is 11.5 Å². The largest absolute Gasteiger partial charge is 0.486 e. The second-order valence-corrected chi connectivity index (χ2v) is 4.49. The molecule has 1 aliphatic rings. The summed E-state index contributed by atoms with van der Waals surface area (Å²) >= 11 is 0. The molecule has 3 N–H and O–H groups in total. The van der Waals surface area contributed by atoms with E-state index < -0.39 is 6.04 Å². The van der Waals surface area contributed by atoms with Gasteiger partial charge in [0.05, 0.1) is 6.04 Å². The van der Waals surface area contributed by atoms with Crippen LogP contribution in [0.4, 0.5) is 4.39 Å². The smallest absolute Gasteiger partial charge is 0.166 e. The van der Waals surface area contributed by atoms with E-state index in [1.54, 1.807) is 18.2 Å². The SMILES string of the molecule is NNC(c1ccccc1F)c1cccc2c1OCCO2. The quantitative estimate of drug-likeness (QED) is 0.665. The minimum atomic E-state index is -0.493. The Balaban J connectivity index is 2.09. The average Bonchev–Trinajstić information content (AvgIpc) is 2.50. The molecule has 0 spiro atoms. The molecular weight excluding hydrogens is 259 g/mol. The second-order valence-electron chi connectivity index (χ2n) is 4.49. The van der Waals surface area contributed by atoms with E-state index in [4.69, 9.17) is 15.3 Å². The molecular formula is C15H15FN2O2. The Bertz CT molecular complexity index is 619. The Kier molecular flexibility index (Phi) is 3.54. The van der Waals surface area contributed by atoms with Crippen LogP contribution in [0.5, 0.6) is 11.5 Å². The normalized spacial score (nSPS) is 14.9. The van der Waals surface area contributed by atoms with Crippen molar-refractivity contribution in [1.82, 2.24) is 5.43 Å². The predicted octanol–water partition coefficient (Wildman–Crippen LogP) is 2.15. The lowest BCUT2D eigenvalue weighted by Crippen LogP contribution is -2.30. The Labute approximate surface area is 116 Å².